The summed E-state index contributed by atoms with van der Waals surface area (Å²) >= 11 is 0. The van der Waals surface area contributed by atoms with Gasteiger partial charge < -0.3 is 37.8 Å². The number of carbonyl (C=O) groups is 4. The first kappa shape index (κ1) is 35.5. The molecule has 1 aliphatic rings. The fraction of sp³-hybridized carbons (Fsp3) is 0.455. The van der Waals surface area contributed by atoms with Crippen molar-refractivity contribution in [2.75, 3.05) is 13.6 Å². The van der Waals surface area contributed by atoms with Crippen LogP contribution in [-0.2, 0) is 32.1 Å². The van der Waals surface area contributed by atoms with E-state index in [1.807, 2.05) is 30.3 Å². The Balaban J connectivity index is 1.85. The molecule has 10 N–H and O–H groups in total. The zero-order valence-electron chi connectivity index (χ0n) is 26.3. The van der Waals surface area contributed by atoms with E-state index in [2.05, 4.69) is 15.6 Å². The maximum atomic E-state index is 14.0. The number of carbonyl (C=O) groups excluding carboxylic acids is 3. The molecule has 13 nitrogen and oxygen atoms in total. The summed E-state index contributed by atoms with van der Waals surface area (Å²) in [6.07, 6.45) is 4.56. The Morgan fingerprint density at radius 2 is 1.59 bits per heavy atom. The fourth-order valence-electron chi connectivity index (χ4n) is 5.69. The van der Waals surface area contributed by atoms with Gasteiger partial charge >= 0.3 is 5.97 Å². The maximum absolute atomic E-state index is 14.0. The Morgan fingerprint density at radius 1 is 0.935 bits per heavy atom. The van der Waals surface area contributed by atoms with E-state index < -0.39 is 41.7 Å². The second kappa shape index (κ2) is 17.5. The number of rotatable bonds is 16. The summed E-state index contributed by atoms with van der Waals surface area (Å²) in [5.74, 6) is -4.47. The van der Waals surface area contributed by atoms with E-state index in [1.165, 1.54) is 4.90 Å². The highest BCUT2D eigenvalue weighted by Crippen LogP contribution is 2.27. The predicted octanol–water partition coefficient (Wildman–Crippen LogP) is 1.48. The van der Waals surface area contributed by atoms with Gasteiger partial charge in [0, 0.05) is 25.7 Å². The van der Waals surface area contributed by atoms with Crippen LogP contribution in [0, 0.1) is 17.2 Å². The number of aliphatic carboxylic acids is 1. The van der Waals surface area contributed by atoms with Crippen LogP contribution in [0.4, 0.5) is 0 Å². The summed E-state index contributed by atoms with van der Waals surface area (Å²) in [5, 5.41) is 22.9. The molecule has 0 radical (unpaired) electrons. The number of aliphatic imine (C=N–C) groups is 1. The van der Waals surface area contributed by atoms with Crippen molar-refractivity contribution in [1.29, 1.82) is 5.41 Å². The number of hydrogen-bond donors (Lipinski definition) is 7. The lowest BCUT2D eigenvalue weighted by Gasteiger charge is -2.32. The third-order valence-electron chi connectivity index (χ3n) is 8.22. The number of nitrogen functional groups attached to an aromatic ring is 1. The van der Waals surface area contributed by atoms with Crippen LogP contribution in [0.15, 0.2) is 59.6 Å². The lowest BCUT2D eigenvalue weighted by Crippen LogP contribution is -2.57. The second-order valence-electron chi connectivity index (χ2n) is 11.8. The zero-order chi connectivity index (χ0) is 33.6. The molecule has 0 aromatic heterocycles. The molecule has 2 aromatic rings. The van der Waals surface area contributed by atoms with Gasteiger partial charge in [0.1, 0.15) is 23.8 Å². The van der Waals surface area contributed by atoms with Crippen LogP contribution in [-0.4, -0.2) is 71.2 Å². The first-order valence-electron chi connectivity index (χ1n) is 15.6. The van der Waals surface area contributed by atoms with Gasteiger partial charge in [-0.15, -0.1) is 0 Å². The highest BCUT2D eigenvalue weighted by Gasteiger charge is 2.37. The van der Waals surface area contributed by atoms with E-state index in [0.717, 1.165) is 24.8 Å². The summed E-state index contributed by atoms with van der Waals surface area (Å²) in [5.41, 5.74) is 18.4. The molecule has 1 saturated carbocycles. The summed E-state index contributed by atoms with van der Waals surface area (Å²) in [6.45, 7) is 0.484. The van der Waals surface area contributed by atoms with Crippen molar-refractivity contribution in [1.82, 2.24) is 15.5 Å². The van der Waals surface area contributed by atoms with Crippen LogP contribution < -0.4 is 27.8 Å². The largest absolute Gasteiger partial charge is 0.480 e. The highest BCUT2D eigenvalue weighted by atomic mass is 16.4. The smallest absolute Gasteiger partial charge is 0.326 e. The molecule has 248 valence electrons. The lowest BCUT2D eigenvalue weighted by atomic mass is 9.83. The molecule has 13 heteroatoms. The SMILES string of the molecule is CN(Cc1ccccc1)C(=O)C(Cc1ccc(C(=N)N)cc1)C(=O)N[C@H](C(=O)N[C@@H](CCCN=C(N)N)C(=O)O)C1CCCCC1. The van der Waals surface area contributed by atoms with Crippen LogP contribution in [0.1, 0.15) is 61.6 Å². The number of hydrogen-bond acceptors (Lipinski definition) is 6. The summed E-state index contributed by atoms with van der Waals surface area (Å²) in [7, 11) is 1.62. The average Bonchev–Trinajstić information content (AvgIpc) is 3.04. The molecule has 46 heavy (non-hydrogen) atoms. The molecular weight excluding hydrogens is 588 g/mol. The van der Waals surface area contributed by atoms with Crippen molar-refractivity contribution in [3.05, 3.63) is 71.3 Å². The van der Waals surface area contributed by atoms with E-state index in [-0.39, 0.29) is 43.6 Å². The van der Waals surface area contributed by atoms with E-state index >= 15 is 0 Å². The molecule has 3 amide bonds. The molecule has 1 unspecified atom stereocenters. The third-order valence-corrected chi connectivity index (χ3v) is 8.22. The first-order chi connectivity index (χ1) is 22.0. The van der Waals surface area contributed by atoms with Crippen molar-refractivity contribution in [3.63, 3.8) is 0 Å². The van der Waals surface area contributed by atoms with Crippen LogP contribution in [0.2, 0.25) is 0 Å². The highest BCUT2D eigenvalue weighted by molar-refractivity contribution is 6.02. The van der Waals surface area contributed by atoms with Crippen molar-refractivity contribution < 1.29 is 24.3 Å². The van der Waals surface area contributed by atoms with Crippen LogP contribution in [0.25, 0.3) is 0 Å². The molecule has 0 spiro atoms. The number of amides is 3. The molecule has 0 heterocycles. The number of guanidine groups is 1. The minimum Gasteiger partial charge on any atom is -0.480 e. The first-order valence-corrected chi connectivity index (χ1v) is 15.6. The number of carboxylic acid groups (broad SMARTS) is 1. The minimum absolute atomic E-state index is 0.0452. The summed E-state index contributed by atoms with van der Waals surface area (Å²) in [6, 6.07) is 13.9. The molecule has 1 aliphatic carbocycles. The lowest BCUT2D eigenvalue weighted by molar-refractivity contribution is -0.144. The molecular formula is C33H46N8O5. The number of nitrogens with two attached hydrogens (primary N) is 3. The molecule has 0 bridgehead atoms. The van der Waals surface area contributed by atoms with E-state index in [9.17, 15) is 24.3 Å². The zero-order valence-corrected chi connectivity index (χ0v) is 26.3. The normalized spacial score (nSPS) is 15.1. The number of nitrogens with one attached hydrogen (secondary N) is 3. The van der Waals surface area contributed by atoms with Crippen LogP contribution in [0.5, 0.6) is 0 Å². The number of amidine groups is 1. The van der Waals surface area contributed by atoms with Crippen molar-refractivity contribution >= 4 is 35.5 Å². The average molecular weight is 635 g/mol. The Bertz CT molecular complexity index is 1370. The molecule has 1 fully saturated rings. The van der Waals surface area contributed by atoms with E-state index in [0.29, 0.717) is 30.4 Å². The van der Waals surface area contributed by atoms with Gasteiger partial charge in [-0.2, -0.15) is 0 Å². The quantitative estimate of drug-likeness (QED) is 0.0617. The Morgan fingerprint density at radius 3 is 2.17 bits per heavy atom. The van der Waals surface area contributed by atoms with Gasteiger partial charge in [-0.3, -0.25) is 24.8 Å². The monoisotopic (exact) mass is 634 g/mol. The van der Waals surface area contributed by atoms with E-state index in [1.54, 1.807) is 31.3 Å². The second-order valence-corrected chi connectivity index (χ2v) is 11.8. The maximum Gasteiger partial charge on any atom is 0.326 e. The molecule has 2 aromatic carbocycles. The Hall–Kier alpha value is -4.94. The Kier molecular flexibility index (Phi) is 13.5. The van der Waals surface area contributed by atoms with Gasteiger partial charge in [0.25, 0.3) is 0 Å². The van der Waals surface area contributed by atoms with Crippen molar-refractivity contribution in [3.8, 4) is 0 Å². The number of nitrogens with zero attached hydrogens (tertiary/aromatic N) is 2. The van der Waals surface area contributed by atoms with Crippen LogP contribution in [0.3, 0.4) is 0 Å². The number of carboxylic acids is 1. The molecule has 3 atom stereocenters. The van der Waals surface area contributed by atoms with Gasteiger partial charge in [0.05, 0.1) is 0 Å². The van der Waals surface area contributed by atoms with Crippen molar-refractivity contribution in [2.45, 2.75) is 70.0 Å². The molecule has 0 saturated heterocycles. The standard InChI is InChI=1S/C33H46N8O5/c1-41(20-22-9-4-2-5-10-22)31(44)25(19-21-14-16-24(17-15-21)28(34)35)29(42)40-27(23-11-6-3-7-12-23)30(43)39-26(32(45)46)13-8-18-38-33(36)37/h2,4-5,9-10,14-17,23,25-27H,3,6-8,11-13,18-20H2,1H3,(H3,34,35)(H,39,43)(H,40,42)(H,45,46)(H4,36,37,38)/t25?,26-,27-/m0/s1. The van der Waals surface area contributed by atoms with Crippen LogP contribution >= 0.6 is 0 Å². The minimum atomic E-state index is -1.21. The number of benzene rings is 2. The Labute approximate surface area is 269 Å². The van der Waals surface area contributed by atoms with Gasteiger partial charge in [-0.05, 0) is 49.1 Å². The molecule has 3 rings (SSSR count). The summed E-state index contributed by atoms with van der Waals surface area (Å²) in [4.78, 5) is 58.9. The van der Waals surface area contributed by atoms with Gasteiger partial charge in [0.2, 0.25) is 17.7 Å². The third kappa shape index (κ3) is 10.9. The molecule has 0 aliphatic heterocycles. The topological polar surface area (TPSA) is 230 Å². The van der Waals surface area contributed by atoms with Gasteiger partial charge in [-0.25, -0.2) is 4.79 Å². The van der Waals surface area contributed by atoms with Gasteiger partial charge in [-0.1, -0.05) is 73.9 Å². The van der Waals surface area contributed by atoms with Gasteiger partial charge in [0.15, 0.2) is 5.96 Å². The van der Waals surface area contributed by atoms with Crippen molar-refractivity contribution in [2.24, 2.45) is 34.0 Å². The van der Waals surface area contributed by atoms with E-state index in [4.69, 9.17) is 22.6 Å². The fourth-order valence-corrected chi connectivity index (χ4v) is 5.69. The predicted molar refractivity (Wildman–Crippen MR) is 176 cm³/mol. The summed E-state index contributed by atoms with van der Waals surface area (Å²) < 4.78 is 0.